The van der Waals surface area contributed by atoms with Crippen LogP contribution in [0.1, 0.15) is 93.0 Å². The predicted molar refractivity (Wildman–Crippen MR) is 262 cm³/mol. The Morgan fingerprint density at radius 3 is 1.02 bits per heavy atom. The van der Waals surface area contributed by atoms with E-state index in [0.717, 1.165) is 34.6 Å². The highest BCUT2D eigenvalue weighted by molar-refractivity contribution is 8.35. The second-order valence-electron chi connectivity index (χ2n) is 16.4. The molecule has 0 bridgehead atoms. The molecule has 58 heavy (non-hydrogen) atoms. The van der Waals surface area contributed by atoms with Gasteiger partial charge in [-0.25, -0.2) is 10.0 Å². The van der Waals surface area contributed by atoms with Crippen molar-refractivity contribution in [2.24, 2.45) is 0 Å². The van der Waals surface area contributed by atoms with Gasteiger partial charge in [-0.2, -0.15) is 0 Å². The molecule has 0 saturated carbocycles. The molecule has 0 N–H and O–H groups in total. The van der Waals surface area contributed by atoms with Crippen LogP contribution >= 0.6 is 10.0 Å². The Labute approximate surface area is 351 Å². The van der Waals surface area contributed by atoms with Crippen molar-refractivity contribution in [2.75, 3.05) is 4.90 Å². The lowest BCUT2D eigenvalue weighted by Gasteiger charge is -2.51. The lowest BCUT2D eigenvalue weighted by Crippen LogP contribution is -2.28. The van der Waals surface area contributed by atoms with Crippen LogP contribution in [0.4, 0.5) is 17.1 Å². The maximum atomic E-state index is 4.05. The Bertz CT molecular complexity index is 2300. The van der Waals surface area contributed by atoms with Gasteiger partial charge in [0.1, 0.15) is 0 Å². The van der Waals surface area contributed by atoms with Gasteiger partial charge < -0.3 is 4.90 Å². The molecule has 0 heterocycles. The van der Waals surface area contributed by atoms with E-state index in [1.165, 1.54) is 43.8 Å². The summed E-state index contributed by atoms with van der Waals surface area (Å²) in [6.07, 6.45) is 14.1. The van der Waals surface area contributed by atoms with E-state index >= 15 is 0 Å². The van der Waals surface area contributed by atoms with E-state index in [4.69, 9.17) is 0 Å². The minimum atomic E-state index is -0.945. The number of nitrogens with zero attached hydrogens (tertiary/aromatic N) is 1. The summed E-state index contributed by atoms with van der Waals surface area (Å²) >= 11 is 0. The molecule has 6 rings (SSSR count). The fraction of sp³-hybridized carbons (Fsp3) is 0.214. The van der Waals surface area contributed by atoms with E-state index < -0.39 is 10.0 Å². The molecule has 0 aliphatic carbocycles. The summed E-state index contributed by atoms with van der Waals surface area (Å²) in [4.78, 5) is 3.86. The Kier molecular flexibility index (Phi) is 14.0. The van der Waals surface area contributed by atoms with Crippen LogP contribution in [0.2, 0.25) is 0 Å². The van der Waals surface area contributed by atoms with Gasteiger partial charge in [0.05, 0.1) is 0 Å². The van der Waals surface area contributed by atoms with Crippen LogP contribution in [-0.4, -0.2) is 15.7 Å². The highest BCUT2D eigenvalue weighted by Gasteiger charge is 2.36. The Balaban J connectivity index is 1.24. The van der Waals surface area contributed by atoms with Crippen molar-refractivity contribution in [1.82, 2.24) is 0 Å². The number of rotatable bonds is 15. The van der Waals surface area contributed by atoms with Gasteiger partial charge in [0.25, 0.3) is 0 Å². The first-order valence-corrected chi connectivity index (χ1v) is 22.6. The predicted octanol–water partition coefficient (Wildman–Crippen LogP) is 16.5. The number of hydrogen-bond acceptors (Lipinski definition) is 1. The topological polar surface area (TPSA) is 3.24 Å². The average molecular weight is 780 g/mol. The Hall–Kier alpha value is -5.57. The van der Waals surface area contributed by atoms with Gasteiger partial charge in [-0.05, 0) is 128 Å². The zero-order valence-electron chi connectivity index (χ0n) is 35.8. The van der Waals surface area contributed by atoms with E-state index in [-0.39, 0.29) is 0 Å². The molecule has 0 aliphatic heterocycles. The maximum absolute atomic E-state index is 4.05. The molecular weight excluding hydrogens is 719 g/mol. The molecule has 2 heteroatoms. The third kappa shape index (κ3) is 10.3. The maximum Gasteiger partial charge on any atom is 0.0462 e. The van der Waals surface area contributed by atoms with E-state index in [2.05, 4.69) is 249 Å². The molecule has 0 fully saturated rings. The highest BCUT2D eigenvalue weighted by atomic mass is 32.3. The van der Waals surface area contributed by atoms with Gasteiger partial charge in [0.15, 0.2) is 0 Å². The number of allylic oxidation sites excluding steroid dienone is 1. The van der Waals surface area contributed by atoms with Crippen molar-refractivity contribution in [1.29, 1.82) is 0 Å². The van der Waals surface area contributed by atoms with Crippen molar-refractivity contribution in [2.45, 2.75) is 82.5 Å². The molecular formula is C56H61NS. The molecule has 0 amide bonds. The molecule has 0 saturated heterocycles. The van der Waals surface area contributed by atoms with Crippen LogP contribution in [-0.2, 0) is 6.42 Å². The van der Waals surface area contributed by atoms with Gasteiger partial charge in [0.2, 0.25) is 0 Å². The molecule has 0 aromatic heterocycles. The Morgan fingerprint density at radius 1 is 0.448 bits per heavy atom. The third-order valence-corrected chi connectivity index (χ3v) is 16.8. The molecule has 0 unspecified atom stereocenters. The fourth-order valence-corrected chi connectivity index (χ4v) is 13.8. The molecule has 1 nitrogen and oxygen atoms in total. The highest BCUT2D eigenvalue weighted by Crippen LogP contribution is 2.66. The summed E-state index contributed by atoms with van der Waals surface area (Å²) in [5.41, 5.74) is 14.2. The first-order chi connectivity index (χ1) is 27.9. The Morgan fingerprint density at radius 2 is 0.724 bits per heavy atom. The SMILES string of the molecule is C=C(C)Cc1ccc(/C=C/c2ccc(N(c3ccc(/C=C/c4ccc(C)cc4)cc3)c3ccc(/C=C/c4ccc(S(C(C)C)(C(C)C)C(C)C)cc4)cc3)cc2)cc1. The van der Waals surface area contributed by atoms with E-state index in [1.807, 2.05) is 0 Å². The quantitative estimate of drug-likeness (QED) is 0.0741. The monoisotopic (exact) mass is 779 g/mol. The van der Waals surface area contributed by atoms with Crippen molar-refractivity contribution in [3.05, 3.63) is 202 Å². The van der Waals surface area contributed by atoms with E-state index in [0.29, 0.717) is 15.7 Å². The molecule has 6 aromatic carbocycles. The summed E-state index contributed by atoms with van der Waals surface area (Å²) in [6.45, 7) is 22.7. The van der Waals surface area contributed by atoms with Gasteiger partial charge >= 0.3 is 0 Å². The second-order valence-corrected chi connectivity index (χ2v) is 21.2. The zero-order valence-corrected chi connectivity index (χ0v) is 36.6. The smallest absolute Gasteiger partial charge is 0.0462 e. The summed E-state index contributed by atoms with van der Waals surface area (Å²) in [6, 6.07) is 53.3. The first-order valence-electron chi connectivity index (χ1n) is 20.8. The number of hydrogen-bond donors (Lipinski definition) is 0. The first kappa shape index (κ1) is 42.0. The summed E-state index contributed by atoms with van der Waals surface area (Å²) < 4.78 is 0. The summed E-state index contributed by atoms with van der Waals surface area (Å²) in [5.74, 6) is 0. The van der Waals surface area contributed by atoms with Crippen molar-refractivity contribution in [3.63, 3.8) is 0 Å². The van der Waals surface area contributed by atoms with Crippen LogP contribution in [0.25, 0.3) is 36.5 Å². The molecule has 0 atom stereocenters. The summed E-state index contributed by atoms with van der Waals surface area (Å²) in [7, 11) is -0.945. The molecule has 0 aliphatic rings. The van der Waals surface area contributed by atoms with Crippen molar-refractivity contribution in [3.8, 4) is 0 Å². The lowest BCUT2D eigenvalue weighted by atomic mass is 10.0. The number of anilines is 3. The molecule has 0 spiro atoms. The third-order valence-electron chi connectivity index (χ3n) is 11.0. The van der Waals surface area contributed by atoms with Crippen LogP contribution in [0.15, 0.2) is 163 Å². The summed E-state index contributed by atoms with van der Waals surface area (Å²) in [5, 5.41) is 1.92. The van der Waals surface area contributed by atoms with E-state index in [9.17, 15) is 0 Å². The minimum absolute atomic E-state index is 0.640. The molecule has 296 valence electrons. The van der Waals surface area contributed by atoms with Gasteiger partial charge in [-0.1, -0.05) is 193 Å². The van der Waals surface area contributed by atoms with Crippen LogP contribution in [0, 0.1) is 6.92 Å². The average Bonchev–Trinajstić information content (AvgIpc) is 3.21. The normalized spacial score (nSPS) is 12.5. The van der Waals surface area contributed by atoms with Crippen LogP contribution < -0.4 is 4.90 Å². The van der Waals surface area contributed by atoms with E-state index in [1.54, 1.807) is 0 Å². The minimum Gasteiger partial charge on any atom is -0.311 e. The van der Waals surface area contributed by atoms with Crippen LogP contribution in [0.3, 0.4) is 0 Å². The largest absolute Gasteiger partial charge is 0.311 e. The standard InChI is InChI=1S/C56H61NS/c1-41(2)40-52-22-20-47(21-23-52)15-17-49-26-34-54(35-27-49)57(53-32-24-48(25-33-53)16-14-46-12-10-45(9)11-13-46)55-36-28-50(29-37-55)18-19-51-30-38-56(39-31-51)58(42(3)4,43(5)6)44(7)8/h10-39,42-44H,1,40H2,2-9H3/b16-14+,17-15+,19-18+. The second kappa shape index (κ2) is 19.2. The zero-order chi connectivity index (χ0) is 41.2. The molecule has 0 radical (unpaired) electrons. The van der Waals surface area contributed by atoms with Crippen molar-refractivity contribution >= 4 is 63.5 Å². The fourth-order valence-electron chi connectivity index (χ4n) is 8.26. The number of aryl methyl sites for hydroxylation is 1. The van der Waals surface area contributed by atoms with Crippen LogP contribution in [0.5, 0.6) is 0 Å². The lowest BCUT2D eigenvalue weighted by molar-refractivity contribution is 0.935. The van der Waals surface area contributed by atoms with Crippen molar-refractivity contribution < 1.29 is 0 Å². The molecule has 6 aromatic rings. The number of benzene rings is 6. The van der Waals surface area contributed by atoms with Gasteiger partial charge in [-0.15, -0.1) is 0 Å². The van der Waals surface area contributed by atoms with Gasteiger partial charge in [-0.3, -0.25) is 0 Å². The van der Waals surface area contributed by atoms with Gasteiger partial charge in [0, 0.05) is 17.1 Å².